The van der Waals surface area contributed by atoms with Gasteiger partial charge in [0.25, 0.3) is 0 Å². The number of benzene rings is 1. The lowest BCUT2D eigenvalue weighted by Crippen LogP contribution is -2.71. The fraction of sp³-hybridized carbons (Fsp3) is 0.679. The van der Waals surface area contributed by atoms with Gasteiger partial charge in [0.2, 0.25) is 0 Å². The van der Waals surface area contributed by atoms with Crippen molar-refractivity contribution in [2.75, 3.05) is 0 Å². The maximum Gasteiger partial charge on any atom is 0.338 e. The van der Waals surface area contributed by atoms with E-state index < -0.39 is 58.9 Å². The molecule has 1 aromatic carbocycles. The van der Waals surface area contributed by atoms with E-state index >= 15 is 0 Å². The maximum absolute atomic E-state index is 13.4. The Bertz CT molecular complexity index is 1050. The summed E-state index contributed by atoms with van der Waals surface area (Å²) in [6.07, 6.45) is -1.34. The van der Waals surface area contributed by atoms with Gasteiger partial charge in [0, 0.05) is 13.8 Å². The molecule has 2 heterocycles. The zero-order valence-electron chi connectivity index (χ0n) is 21.8. The van der Waals surface area contributed by atoms with Gasteiger partial charge in [-0.25, -0.2) is 4.79 Å². The lowest BCUT2D eigenvalue weighted by Gasteiger charge is -2.61. The lowest BCUT2D eigenvalue weighted by molar-refractivity contribution is -0.285. The molecule has 8 nitrogen and oxygen atoms in total. The number of epoxide rings is 1. The molecule has 196 valence electrons. The topological polar surface area (TPSA) is 101 Å². The van der Waals surface area contributed by atoms with E-state index in [2.05, 4.69) is 20.8 Å². The summed E-state index contributed by atoms with van der Waals surface area (Å²) in [5.74, 6) is -1.25. The standard InChI is InChI=1S/C28H36O8/c1-15-12-20(32-16(2)29)24(33-17(3)30)27(6)21(13-19-14-28(15,27)36-26(19,4)5)34-25(31)23-22(35-23)18-10-8-7-9-11-18/h7-11,15,19-24H,12-14H2,1-6H3/t15-,19-,20?,21+,22?,23?,24?,27-,28+/m1/s1. The average molecular weight is 501 g/mol. The van der Waals surface area contributed by atoms with Crippen molar-refractivity contribution in [1.82, 2.24) is 0 Å². The Morgan fingerprint density at radius 2 is 1.61 bits per heavy atom. The zero-order chi connectivity index (χ0) is 26.0. The van der Waals surface area contributed by atoms with E-state index in [1.54, 1.807) is 0 Å². The molecule has 1 spiro atoms. The second-order valence-corrected chi connectivity index (χ2v) is 11.6. The van der Waals surface area contributed by atoms with Crippen LogP contribution in [-0.4, -0.2) is 53.5 Å². The molecule has 2 aliphatic carbocycles. The quantitative estimate of drug-likeness (QED) is 0.341. The van der Waals surface area contributed by atoms with Gasteiger partial charge in [-0.05, 0) is 57.4 Å². The molecule has 4 aliphatic rings. The van der Waals surface area contributed by atoms with Crippen molar-refractivity contribution in [2.24, 2.45) is 17.3 Å². The van der Waals surface area contributed by atoms with Gasteiger partial charge in [-0.15, -0.1) is 0 Å². The number of carbonyl (C=O) groups is 3. The summed E-state index contributed by atoms with van der Waals surface area (Å²) in [5, 5.41) is 0. The second kappa shape index (κ2) is 8.55. The molecule has 0 aromatic heterocycles. The van der Waals surface area contributed by atoms with Crippen molar-refractivity contribution < 1.29 is 38.1 Å². The van der Waals surface area contributed by atoms with Crippen molar-refractivity contribution in [3.63, 3.8) is 0 Å². The van der Waals surface area contributed by atoms with Gasteiger partial charge in [-0.3, -0.25) is 9.59 Å². The minimum atomic E-state index is -0.937. The highest BCUT2D eigenvalue weighted by Crippen LogP contribution is 2.67. The third-order valence-corrected chi connectivity index (χ3v) is 9.09. The van der Waals surface area contributed by atoms with Crippen LogP contribution in [0.2, 0.25) is 0 Å². The summed E-state index contributed by atoms with van der Waals surface area (Å²) in [4.78, 5) is 37.6. The van der Waals surface area contributed by atoms with E-state index in [9.17, 15) is 14.4 Å². The monoisotopic (exact) mass is 500 g/mol. The third kappa shape index (κ3) is 3.84. The SMILES string of the molecule is CC(=O)OC1C[C@@H](C)[C@@]23C[C@@H](C[C@H](OC(=O)C4OC4c4ccccc4)[C@]2(C)C1OC(C)=O)C(C)(C)O3. The molecule has 2 bridgehead atoms. The third-order valence-electron chi connectivity index (χ3n) is 9.09. The van der Waals surface area contributed by atoms with Crippen molar-refractivity contribution >= 4 is 17.9 Å². The van der Waals surface area contributed by atoms with Gasteiger partial charge < -0.3 is 23.7 Å². The first-order valence-corrected chi connectivity index (χ1v) is 12.8. The number of ether oxygens (including phenoxy) is 5. The van der Waals surface area contributed by atoms with Crippen molar-refractivity contribution in [2.45, 2.75) is 103 Å². The lowest BCUT2D eigenvalue weighted by atomic mass is 9.49. The van der Waals surface area contributed by atoms with Gasteiger partial charge in [0.15, 0.2) is 12.2 Å². The zero-order valence-corrected chi connectivity index (χ0v) is 21.8. The van der Waals surface area contributed by atoms with Gasteiger partial charge in [-0.2, -0.15) is 0 Å². The second-order valence-electron chi connectivity index (χ2n) is 11.6. The molecule has 0 N–H and O–H groups in total. The molecule has 2 aliphatic heterocycles. The van der Waals surface area contributed by atoms with E-state index in [-0.39, 0.29) is 17.9 Å². The van der Waals surface area contributed by atoms with E-state index in [1.165, 1.54) is 13.8 Å². The number of hydrogen-bond acceptors (Lipinski definition) is 8. The van der Waals surface area contributed by atoms with Crippen molar-refractivity contribution in [1.29, 1.82) is 0 Å². The number of carbonyl (C=O) groups excluding carboxylic acids is 3. The molecular formula is C28H36O8. The largest absolute Gasteiger partial charge is 0.460 e. The number of fused-ring (bicyclic) bond motifs is 1. The Hall–Kier alpha value is -2.45. The van der Waals surface area contributed by atoms with Gasteiger partial charge in [0.05, 0.1) is 16.6 Å². The van der Waals surface area contributed by atoms with Gasteiger partial charge in [0.1, 0.15) is 18.3 Å². The summed E-state index contributed by atoms with van der Waals surface area (Å²) in [6.45, 7) is 10.9. The number of hydrogen-bond donors (Lipinski definition) is 0. The van der Waals surface area contributed by atoms with Crippen LogP contribution in [0.1, 0.15) is 72.5 Å². The van der Waals surface area contributed by atoms with E-state index in [1.807, 2.05) is 37.3 Å². The number of rotatable bonds is 5. The Morgan fingerprint density at radius 3 is 2.25 bits per heavy atom. The molecule has 2 saturated heterocycles. The molecular weight excluding hydrogens is 464 g/mol. The van der Waals surface area contributed by atoms with Crippen LogP contribution in [-0.2, 0) is 38.1 Å². The molecule has 9 atom stereocenters. The van der Waals surface area contributed by atoms with Crippen molar-refractivity contribution in [3.8, 4) is 0 Å². The molecule has 1 aromatic rings. The number of esters is 3. The van der Waals surface area contributed by atoms with Gasteiger partial charge >= 0.3 is 17.9 Å². The first kappa shape index (κ1) is 25.2. The normalized spacial score (nSPS) is 42.1. The summed E-state index contributed by atoms with van der Waals surface area (Å²) >= 11 is 0. The average Bonchev–Trinajstić information content (AvgIpc) is 3.55. The first-order chi connectivity index (χ1) is 16.9. The Morgan fingerprint density at radius 1 is 0.944 bits per heavy atom. The van der Waals surface area contributed by atoms with Crippen LogP contribution >= 0.6 is 0 Å². The molecule has 8 heteroatoms. The smallest absolute Gasteiger partial charge is 0.338 e. The van der Waals surface area contributed by atoms with Crippen LogP contribution in [0.4, 0.5) is 0 Å². The Labute approximate surface area is 211 Å². The molecule has 4 fully saturated rings. The Kier molecular flexibility index (Phi) is 5.99. The van der Waals surface area contributed by atoms with Gasteiger partial charge in [-0.1, -0.05) is 37.3 Å². The Balaban J connectivity index is 1.50. The van der Waals surface area contributed by atoms with Crippen LogP contribution in [0.15, 0.2) is 30.3 Å². The molecule has 36 heavy (non-hydrogen) atoms. The summed E-state index contributed by atoms with van der Waals surface area (Å²) in [6, 6.07) is 9.58. The van der Waals surface area contributed by atoms with Crippen LogP contribution in [0.25, 0.3) is 0 Å². The molecule has 0 amide bonds. The minimum absolute atomic E-state index is 0.0290. The highest BCUT2D eigenvalue weighted by molar-refractivity contribution is 5.78. The summed E-state index contributed by atoms with van der Waals surface area (Å²) in [5.41, 5.74) is -1.18. The first-order valence-electron chi connectivity index (χ1n) is 12.8. The highest BCUT2D eigenvalue weighted by Gasteiger charge is 2.75. The minimum Gasteiger partial charge on any atom is -0.460 e. The van der Waals surface area contributed by atoms with Crippen LogP contribution in [0.3, 0.4) is 0 Å². The van der Waals surface area contributed by atoms with Crippen molar-refractivity contribution in [3.05, 3.63) is 35.9 Å². The van der Waals surface area contributed by atoms with E-state index in [0.29, 0.717) is 12.8 Å². The van der Waals surface area contributed by atoms with Crippen LogP contribution < -0.4 is 0 Å². The fourth-order valence-electron chi connectivity index (χ4n) is 7.25. The molecule has 4 unspecified atom stereocenters. The maximum atomic E-state index is 13.4. The van der Waals surface area contributed by atoms with E-state index in [0.717, 1.165) is 12.0 Å². The fourth-order valence-corrected chi connectivity index (χ4v) is 7.25. The van der Waals surface area contributed by atoms with Crippen LogP contribution in [0.5, 0.6) is 0 Å². The van der Waals surface area contributed by atoms with Crippen LogP contribution in [0, 0.1) is 17.3 Å². The molecule has 0 radical (unpaired) electrons. The summed E-state index contributed by atoms with van der Waals surface area (Å²) < 4.78 is 30.4. The highest BCUT2D eigenvalue weighted by atomic mass is 16.6. The molecule has 2 saturated carbocycles. The summed E-state index contributed by atoms with van der Waals surface area (Å²) in [7, 11) is 0. The molecule has 5 rings (SSSR count). The predicted molar refractivity (Wildman–Crippen MR) is 128 cm³/mol. The predicted octanol–water partition coefficient (Wildman–Crippen LogP) is 3.91. The van der Waals surface area contributed by atoms with E-state index in [4.69, 9.17) is 23.7 Å².